The van der Waals surface area contributed by atoms with E-state index in [9.17, 15) is 9.59 Å². The van der Waals surface area contributed by atoms with Crippen molar-refractivity contribution in [3.05, 3.63) is 41.5 Å². The van der Waals surface area contributed by atoms with Crippen molar-refractivity contribution < 1.29 is 9.59 Å². The first-order valence-electron chi connectivity index (χ1n) is 6.46. The summed E-state index contributed by atoms with van der Waals surface area (Å²) in [6.45, 7) is 4.39. The lowest BCUT2D eigenvalue weighted by Gasteiger charge is -2.34. The van der Waals surface area contributed by atoms with Crippen molar-refractivity contribution in [2.24, 2.45) is 0 Å². The lowest BCUT2D eigenvalue weighted by Crippen LogP contribution is -2.52. The maximum Gasteiger partial charge on any atom is 0.254 e. The molecule has 1 aliphatic rings. The molecule has 19 heavy (non-hydrogen) atoms. The van der Waals surface area contributed by atoms with Gasteiger partial charge in [-0.15, -0.1) is 0 Å². The predicted molar refractivity (Wildman–Crippen MR) is 74.9 cm³/mol. The normalized spacial score (nSPS) is 19.6. The summed E-state index contributed by atoms with van der Waals surface area (Å²) in [5, 5.41) is 3.27. The summed E-state index contributed by atoms with van der Waals surface area (Å²) in [6, 6.07) is 7.55. The van der Waals surface area contributed by atoms with Crippen LogP contribution in [0, 0.1) is 0 Å². The van der Waals surface area contributed by atoms with E-state index >= 15 is 0 Å². The van der Waals surface area contributed by atoms with Gasteiger partial charge in [-0.3, -0.25) is 9.59 Å². The molecule has 1 aliphatic heterocycles. The molecule has 1 aromatic carbocycles. The fourth-order valence-corrected chi connectivity index (χ4v) is 2.28. The van der Waals surface area contributed by atoms with Crippen molar-refractivity contribution in [3.8, 4) is 0 Å². The minimum Gasteiger partial charge on any atom is -0.333 e. The van der Waals surface area contributed by atoms with E-state index < -0.39 is 0 Å². The van der Waals surface area contributed by atoms with Gasteiger partial charge >= 0.3 is 0 Å². The number of carbonyl (C=O) groups is 2. The molecule has 100 valence electrons. The number of rotatable bonds is 3. The molecule has 1 fully saturated rings. The van der Waals surface area contributed by atoms with Crippen molar-refractivity contribution in [3.63, 3.8) is 0 Å². The first kappa shape index (κ1) is 13.5. The van der Waals surface area contributed by atoms with Crippen molar-refractivity contribution in [1.29, 1.82) is 0 Å². The van der Waals surface area contributed by atoms with Crippen LogP contribution in [-0.2, 0) is 4.79 Å². The summed E-state index contributed by atoms with van der Waals surface area (Å²) in [7, 11) is 0. The number of nitrogens with zero attached hydrogens (tertiary/aromatic N) is 1. The van der Waals surface area contributed by atoms with Crippen molar-refractivity contribution in [2.75, 3.05) is 19.6 Å². The van der Waals surface area contributed by atoms with Crippen molar-refractivity contribution >= 4 is 18.3 Å². The van der Waals surface area contributed by atoms with Crippen LogP contribution in [0.4, 0.5) is 0 Å². The highest BCUT2D eigenvalue weighted by molar-refractivity contribution is 5.98. The Bertz CT molecular complexity index is 497. The Labute approximate surface area is 113 Å². The van der Waals surface area contributed by atoms with Gasteiger partial charge in [0.25, 0.3) is 5.91 Å². The molecule has 4 heteroatoms. The van der Waals surface area contributed by atoms with Gasteiger partial charge in [0.15, 0.2) is 0 Å². The molecule has 4 nitrogen and oxygen atoms in total. The second-order valence-corrected chi connectivity index (χ2v) is 4.63. The third kappa shape index (κ3) is 3.09. The Hall–Kier alpha value is -1.94. The number of carbonyl (C=O) groups excluding carboxylic acids is 2. The quantitative estimate of drug-likeness (QED) is 0.657. The number of hydrogen-bond donors (Lipinski definition) is 1. The zero-order valence-corrected chi connectivity index (χ0v) is 11.0. The molecular weight excluding hydrogens is 240 g/mol. The van der Waals surface area contributed by atoms with Crippen LogP contribution < -0.4 is 5.32 Å². The molecule has 0 saturated carbocycles. The number of amides is 1. The number of piperazine rings is 1. The van der Waals surface area contributed by atoms with Crippen molar-refractivity contribution in [1.82, 2.24) is 10.2 Å². The molecule has 1 saturated heterocycles. The third-order valence-corrected chi connectivity index (χ3v) is 3.31. The van der Waals surface area contributed by atoms with Gasteiger partial charge in [-0.05, 0) is 24.6 Å². The first-order chi connectivity index (χ1) is 9.24. The molecular formula is C15H18N2O2. The van der Waals surface area contributed by atoms with Crippen LogP contribution in [0.2, 0.25) is 0 Å². The summed E-state index contributed by atoms with van der Waals surface area (Å²) >= 11 is 0. The van der Waals surface area contributed by atoms with E-state index in [0.717, 1.165) is 18.7 Å². The van der Waals surface area contributed by atoms with E-state index in [-0.39, 0.29) is 11.9 Å². The number of aldehydes is 1. The fourth-order valence-electron chi connectivity index (χ4n) is 2.28. The van der Waals surface area contributed by atoms with Crippen LogP contribution in [0.25, 0.3) is 6.08 Å². The molecule has 1 unspecified atom stereocenters. The average molecular weight is 258 g/mol. The molecule has 0 aromatic heterocycles. The average Bonchev–Trinajstić information content (AvgIpc) is 2.45. The van der Waals surface area contributed by atoms with Gasteiger partial charge in [-0.1, -0.05) is 24.3 Å². The van der Waals surface area contributed by atoms with Crippen LogP contribution in [0.3, 0.4) is 0 Å². The van der Waals surface area contributed by atoms with Gasteiger partial charge in [-0.2, -0.15) is 0 Å². The van der Waals surface area contributed by atoms with Gasteiger partial charge in [0.2, 0.25) is 0 Å². The van der Waals surface area contributed by atoms with Gasteiger partial charge in [-0.25, -0.2) is 0 Å². The van der Waals surface area contributed by atoms with E-state index in [1.165, 1.54) is 6.08 Å². The summed E-state index contributed by atoms with van der Waals surface area (Å²) in [4.78, 5) is 24.9. The van der Waals surface area contributed by atoms with Crippen LogP contribution >= 0.6 is 0 Å². The highest BCUT2D eigenvalue weighted by Gasteiger charge is 2.24. The topological polar surface area (TPSA) is 49.4 Å². The minimum atomic E-state index is 0.0279. The number of nitrogens with one attached hydrogen (secondary N) is 1. The molecule has 1 aromatic rings. The maximum atomic E-state index is 12.6. The van der Waals surface area contributed by atoms with Gasteiger partial charge < -0.3 is 10.2 Å². The molecule has 2 rings (SSSR count). The standard InChI is InChI=1S/C15H18N2O2/c1-12-11-16-8-9-17(12)15(19)14-7-3-2-5-13(14)6-4-10-18/h2-7,10,12,16H,8-9,11H2,1H3/b6-4+. The fraction of sp³-hybridized carbons (Fsp3) is 0.333. The van der Waals surface area contributed by atoms with Gasteiger partial charge in [0, 0.05) is 31.2 Å². The van der Waals surface area contributed by atoms with Gasteiger partial charge in [0.05, 0.1) is 0 Å². The predicted octanol–water partition coefficient (Wildman–Crippen LogP) is 1.33. The van der Waals surface area contributed by atoms with Crippen LogP contribution in [0.15, 0.2) is 30.3 Å². The second kappa shape index (κ2) is 6.29. The Balaban J connectivity index is 2.27. The van der Waals surface area contributed by atoms with E-state index in [1.807, 2.05) is 36.1 Å². The summed E-state index contributed by atoms with van der Waals surface area (Å²) < 4.78 is 0. The second-order valence-electron chi connectivity index (χ2n) is 4.63. The molecule has 1 amide bonds. The third-order valence-electron chi connectivity index (χ3n) is 3.31. The van der Waals surface area contributed by atoms with Crippen LogP contribution in [0.5, 0.6) is 0 Å². The molecule has 0 bridgehead atoms. The molecule has 0 radical (unpaired) electrons. The zero-order valence-electron chi connectivity index (χ0n) is 11.0. The molecule has 0 aliphatic carbocycles. The number of hydrogen-bond acceptors (Lipinski definition) is 3. The van der Waals surface area contributed by atoms with E-state index in [4.69, 9.17) is 0 Å². The largest absolute Gasteiger partial charge is 0.333 e. The van der Waals surface area contributed by atoms with Crippen LogP contribution in [0.1, 0.15) is 22.8 Å². The van der Waals surface area contributed by atoms with Crippen molar-refractivity contribution in [2.45, 2.75) is 13.0 Å². The SMILES string of the molecule is CC1CNCCN1C(=O)c1ccccc1/C=C/C=O. The first-order valence-corrected chi connectivity index (χ1v) is 6.46. The minimum absolute atomic E-state index is 0.0279. The molecule has 0 spiro atoms. The van der Waals surface area contributed by atoms with E-state index in [0.29, 0.717) is 18.4 Å². The summed E-state index contributed by atoms with van der Waals surface area (Å²) in [6.07, 6.45) is 3.80. The maximum absolute atomic E-state index is 12.6. The Morgan fingerprint density at radius 2 is 2.21 bits per heavy atom. The summed E-state index contributed by atoms with van der Waals surface area (Å²) in [5.74, 6) is 0.0279. The van der Waals surface area contributed by atoms with Gasteiger partial charge in [0.1, 0.15) is 6.29 Å². The zero-order chi connectivity index (χ0) is 13.7. The molecule has 1 N–H and O–H groups in total. The van der Waals surface area contributed by atoms with E-state index in [1.54, 1.807) is 6.08 Å². The van der Waals surface area contributed by atoms with Crippen LogP contribution in [-0.4, -0.2) is 42.8 Å². The van der Waals surface area contributed by atoms with E-state index in [2.05, 4.69) is 5.32 Å². The Morgan fingerprint density at radius 3 is 2.95 bits per heavy atom. The molecule has 1 atom stereocenters. The number of allylic oxidation sites excluding steroid dienone is 1. The highest BCUT2D eigenvalue weighted by atomic mass is 16.2. The molecule has 1 heterocycles. The Kier molecular flexibility index (Phi) is 4.47. The summed E-state index contributed by atoms with van der Waals surface area (Å²) in [5.41, 5.74) is 1.43. The number of benzene rings is 1. The monoisotopic (exact) mass is 258 g/mol. The lowest BCUT2D eigenvalue weighted by atomic mass is 10.0. The highest BCUT2D eigenvalue weighted by Crippen LogP contribution is 2.16. The Morgan fingerprint density at radius 1 is 1.42 bits per heavy atom. The lowest BCUT2D eigenvalue weighted by molar-refractivity contribution is -0.104. The smallest absolute Gasteiger partial charge is 0.254 e.